The minimum Gasteiger partial charge on any atom is -0.326 e. The van der Waals surface area contributed by atoms with E-state index in [1.54, 1.807) is 11.3 Å². The van der Waals surface area contributed by atoms with Gasteiger partial charge in [-0.1, -0.05) is 25.4 Å². The highest BCUT2D eigenvalue weighted by atomic mass is 35.5. The average Bonchev–Trinajstić information content (AvgIpc) is 2.93. The zero-order valence-electron chi connectivity index (χ0n) is 13.4. The molecule has 2 rings (SSSR count). The molecule has 0 amide bonds. The highest BCUT2D eigenvalue weighted by Gasteiger charge is 2.30. The summed E-state index contributed by atoms with van der Waals surface area (Å²) in [5.74, 6) is 0. The van der Waals surface area contributed by atoms with Crippen molar-refractivity contribution >= 4 is 22.9 Å². The molecule has 3 nitrogen and oxygen atoms in total. The molecule has 3 unspecified atom stereocenters. The molecule has 1 fully saturated rings. The predicted octanol–water partition coefficient (Wildman–Crippen LogP) is 3.60. The Balaban J connectivity index is 2.06. The zero-order valence-corrected chi connectivity index (χ0v) is 15.0. The lowest BCUT2D eigenvalue weighted by Crippen LogP contribution is -2.53. The summed E-state index contributed by atoms with van der Waals surface area (Å²) in [5.41, 5.74) is 6.42. The van der Waals surface area contributed by atoms with E-state index in [0.29, 0.717) is 12.1 Å². The fourth-order valence-electron chi connectivity index (χ4n) is 3.09. The smallest absolute Gasteiger partial charge is 0.0931 e. The Labute approximate surface area is 138 Å². The summed E-state index contributed by atoms with van der Waals surface area (Å²) in [4.78, 5) is 6.45. The summed E-state index contributed by atoms with van der Waals surface area (Å²) in [6.07, 6.45) is 2.21. The van der Waals surface area contributed by atoms with Gasteiger partial charge in [-0.25, -0.2) is 0 Å². The van der Waals surface area contributed by atoms with E-state index >= 15 is 0 Å². The second kappa shape index (κ2) is 7.93. The fraction of sp³-hybridized carbons (Fsp3) is 0.750. The standard InChI is InChI=1S/C16H28ClN3S/c1-4-12(3)19-8-10-20(11-9-19)16(13(18)5-2)14-6-7-15(17)21-14/h6-7,12-13,16H,4-5,8-11,18H2,1-3H3. The Morgan fingerprint density at radius 2 is 1.76 bits per heavy atom. The first kappa shape index (κ1) is 17.2. The Morgan fingerprint density at radius 1 is 1.14 bits per heavy atom. The summed E-state index contributed by atoms with van der Waals surface area (Å²) in [6, 6.07) is 5.31. The quantitative estimate of drug-likeness (QED) is 0.865. The number of piperazine rings is 1. The first-order chi connectivity index (χ1) is 10.1. The summed E-state index contributed by atoms with van der Waals surface area (Å²) in [7, 11) is 0. The molecule has 1 aliphatic rings. The SMILES string of the molecule is CCC(N)C(c1ccc(Cl)s1)N1CCN(C(C)CC)CC1. The Morgan fingerprint density at radius 3 is 2.24 bits per heavy atom. The minimum absolute atomic E-state index is 0.176. The first-order valence-corrected chi connectivity index (χ1v) is 9.25. The third-order valence-electron chi connectivity index (χ3n) is 4.72. The van der Waals surface area contributed by atoms with Gasteiger partial charge < -0.3 is 5.73 Å². The van der Waals surface area contributed by atoms with Crippen molar-refractivity contribution in [3.8, 4) is 0 Å². The molecule has 2 heterocycles. The van der Waals surface area contributed by atoms with Gasteiger partial charge in [0, 0.05) is 43.1 Å². The van der Waals surface area contributed by atoms with Gasteiger partial charge in [0.25, 0.3) is 0 Å². The lowest BCUT2D eigenvalue weighted by molar-refractivity contribution is 0.0640. The van der Waals surface area contributed by atoms with Crippen LogP contribution < -0.4 is 5.73 Å². The molecule has 5 heteroatoms. The molecule has 1 aliphatic heterocycles. The first-order valence-electron chi connectivity index (χ1n) is 8.05. The van der Waals surface area contributed by atoms with Gasteiger partial charge in [-0.15, -0.1) is 11.3 Å². The number of halogens is 1. The van der Waals surface area contributed by atoms with Crippen molar-refractivity contribution in [2.75, 3.05) is 26.2 Å². The summed E-state index contributed by atoms with van der Waals surface area (Å²) in [6.45, 7) is 11.2. The van der Waals surface area contributed by atoms with E-state index < -0.39 is 0 Å². The molecule has 0 saturated carbocycles. The van der Waals surface area contributed by atoms with Crippen molar-refractivity contribution in [1.82, 2.24) is 9.80 Å². The van der Waals surface area contributed by atoms with Crippen LogP contribution in [0.2, 0.25) is 4.34 Å². The van der Waals surface area contributed by atoms with Crippen LogP contribution in [0.1, 0.15) is 44.5 Å². The van der Waals surface area contributed by atoms with Crippen LogP contribution in [0.25, 0.3) is 0 Å². The lowest BCUT2D eigenvalue weighted by atomic mass is 10.0. The lowest BCUT2D eigenvalue weighted by Gasteiger charge is -2.42. The van der Waals surface area contributed by atoms with E-state index in [4.69, 9.17) is 17.3 Å². The largest absolute Gasteiger partial charge is 0.326 e. The number of nitrogens with two attached hydrogens (primary N) is 1. The monoisotopic (exact) mass is 329 g/mol. The van der Waals surface area contributed by atoms with Crippen LogP contribution in [-0.2, 0) is 0 Å². The normalized spacial score (nSPS) is 22.1. The van der Waals surface area contributed by atoms with Gasteiger partial charge in [-0.05, 0) is 31.9 Å². The van der Waals surface area contributed by atoms with Crippen LogP contribution in [0, 0.1) is 0 Å². The molecule has 21 heavy (non-hydrogen) atoms. The maximum atomic E-state index is 6.42. The van der Waals surface area contributed by atoms with Crippen molar-refractivity contribution in [1.29, 1.82) is 0 Å². The zero-order chi connectivity index (χ0) is 15.4. The number of nitrogens with zero attached hydrogens (tertiary/aromatic N) is 2. The molecule has 1 aromatic rings. The Bertz CT molecular complexity index is 429. The molecule has 0 spiro atoms. The maximum absolute atomic E-state index is 6.42. The molecule has 0 radical (unpaired) electrons. The van der Waals surface area contributed by atoms with E-state index in [0.717, 1.165) is 36.9 Å². The van der Waals surface area contributed by atoms with Crippen molar-refractivity contribution in [2.24, 2.45) is 5.73 Å². The van der Waals surface area contributed by atoms with Crippen LogP contribution in [0.15, 0.2) is 12.1 Å². The van der Waals surface area contributed by atoms with E-state index in [-0.39, 0.29) is 6.04 Å². The molecule has 1 saturated heterocycles. The Kier molecular flexibility index (Phi) is 6.51. The molecule has 120 valence electrons. The number of thiophene rings is 1. The van der Waals surface area contributed by atoms with Crippen LogP contribution in [0.5, 0.6) is 0 Å². The fourth-order valence-corrected chi connectivity index (χ4v) is 4.36. The predicted molar refractivity (Wildman–Crippen MR) is 93.2 cm³/mol. The summed E-state index contributed by atoms with van der Waals surface area (Å²) >= 11 is 7.80. The Hall–Kier alpha value is -0.130. The number of hydrogen-bond donors (Lipinski definition) is 1. The highest BCUT2D eigenvalue weighted by Crippen LogP contribution is 2.33. The van der Waals surface area contributed by atoms with Crippen LogP contribution in [-0.4, -0.2) is 48.1 Å². The van der Waals surface area contributed by atoms with Gasteiger partial charge in [0.05, 0.1) is 10.4 Å². The van der Waals surface area contributed by atoms with Gasteiger partial charge in [0.1, 0.15) is 0 Å². The summed E-state index contributed by atoms with van der Waals surface area (Å²) in [5, 5.41) is 0. The molecular weight excluding hydrogens is 302 g/mol. The van der Waals surface area contributed by atoms with E-state index in [9.17, 15) is 0 Å². The van der Waals surface area contributed by atoms with Crippen LogP contribution in [0.4, 0.5) is 0 Å². The highest BCUT2D eigenvalue weighted by molar-refractivity contribution is 7.16. The van der Waals surface area contributed by atoms with Crippen molar-refractivity contribution < 1.29 is 0 Å². The maximum Gasteiger partial charge on any atom is 0.0931 e. The third kappa shape index (κ3) is 4.20. The second-order valence-electron chi connectivity index (χ2n) is 5.99. The second-order valence-corrected chi connectivity index (χ2v) is 7.73. The molecular formula is C16H28ClN3S. The van der Waals surface area contributed by atoms with Gasteiger partial charge >= 0.3 is 0 Å². The van der Waals surface area contributed by atoms with Crippen LogP contribution in [0.3, 0.4) is 0 Å². The average molecular weight is 330 g/mol. The van der Waals surface area contributed by atoms with Gasteiger partial charge in [-0.2, -0.15) is 0 Å². The number of hydrogen-bond acceptors (Lipinski definition) is 4. The molecule has 0 aliphatic carbocycles. The van der Waals surface area contributed by atoms with Crippen molar-refractivity contribution in [3.63, 3.8) is 0 Å². The number of rotatable bonds is 6. The minimum atomic E-state index is 0.176. The van der Waals surface area contributed by atoms with Gasteiger partial charge in [0.15, 0.2) is 0 Å². The van der Waals surface area contributed by atoms with Crippen LogP contribution >= 0.6 is 22.9 Å². The van der Waals surface area contributed by atoms with Crippen molar-refractivity contribution in [3.05, 3.63) is 21.3 Å². The molecule has 0 bridgehead atoms. The van der Waals surface area contributed by atoms with E-state index in [2.05, 4.69) is 36.6 Å². The summed E-state index contributed by atoms with van der Waals surface area (Å²) < 4.78 is 0.858. The van der Waals surface area contributed by atoms with Gasteiger partial charge in [-0.3, -0.25) is 9.80 Å². The molecule has 0 aromatic carbocycles. The van der Waals surface area contributed by atoms with E-state index in [1.807, 2.05) is 6.07 Å². The molecule has 2 N–H and O–H groups in total. The van der Waals surface area contributed by atoms with Gasteiger partial charge in [0.2, 0.25) is 0 Å². The third-order valence-corrected chi connectivity index (χ3v) is 6.02. The molecule has 1 aromatic heterocycles. The van der Waals surface area contributed by atoms with E-state index in [1.165, 1.54) is 11.3 Å². The molecule has 3 atom stereocenters. The van der Waals surface area contributed by atoms with Crippen molar-refractivity contribution in [2.45, 2.75) is 51.7 Å². The topological polar surface area (TPSA) is 32.5 Å².